The molecular formula is C23H28N4O. The van der Waals surface area contributed by atoms with Gasteiger partial charge in [0.25, 0.3) is 0 Å². The fourth-order valence-electron chi connectivity index (χ4n) is 3.34. The van der Waals surface area contributed by atoms with E-state index in [9.17, 15) is 0 Å². The van der Waals surface area contributed by atoms with E-state index >= 15 is 0 Å². The molecule has 1 aliphatic rings. The van der Waals surface area contributed by atoms with Gasteiger partial charge in [0.15, 0.2) is 5.96 Å². The van der Waals surface area contributed by atoms with Crippen LogP contribution in [0.2, 0.25) is 0 Å². The van der Waals surface area contributed by atoms with Crippen LogP contribution in [0.4, 0.5) is 0 Å². The van der Waals surface area contributed by atoms with E-state index < -0.39 is 0 Å². The minimum Gasteiger partial charge on any atom is -0.493 e. The Hall–Kier alpha value is -2.95. The van der Waals surface area contributed by atoms with E-state index in [1.165, 1.54) is 29.3 Å². The predicted molar refractivity (Wildman–Crippen MR) is 115 cm³/mol. The van der Waals surface area contributed by atoms with Gasteiger partial charge in [0.1, 0.15) is 5.75 Å². The molecule has 1 saturated carbocycles. The lowest BCUT2D eigenvalue weighted by Crippen LogP contribution is -2.37. The Bertz CT molecular complexity index is 942. The normalized spacial score (nSPS) is 14.2. The summed E-state index contributed by atoms with van der Waals surface area (Å²) < 4.78 is 5.99. The van der Waals surface area contributed by atoms with Crippen LogP contribution in [-0.2, 0) is 13.0 Å². The van der Waals surface area contributed by atoms with Gasteiger partial charge in [0.2, 0.25) is 0 Å². The van der Waals surface area contributed by atoms with Crippen molar-refractivity contribution in [2.24, 2.45) is 10.9 Å². The molecule has 5 heteroatoms. The topological polar surface area (TPSA) is 61.4 Å². The molecule has 1 aromatic heterocycles. The Morgan fingerprint density at radius 1 is 1.07 bits per heavy atom. The Morgan fingerprint density at radius 2 is 1.89 bits per heavy atom. The van der Waals surface area contributed by atoms with Crippen molar-refractivity contribution in [3.63, 3.8) is 0 Å². The van der Waals surface area contributed by atoms with Gasteiger partial charge in [0, 0.05) is 42.8 Å². The summed E-state index contributed by atoms with van der Waals surface area (Å²) in [6.45, 7) is 2.34. The molecule has 0 saturated heterocycles. The molecule has 0 spiro atoms. The van der Waals surface area contributed by atoms with Crippen LogP contribution in [0.15, 0.2) is 59.7 Å². The molecule has 2 aromatic carbocycles. The summed E-state index contributed by atoms with van der Waals surface area (Å²) in [4.78, 5) is 7.67. The van der Waals surface area contributed by atoms with Crippen LogP contribution >= 0.6 is 0 Å². The minimum absolute atomic E-state index is 0.688. The first kappa shape index (κ1) is 18.4. The smallest absolute Gasteiger partial charge is 0.191 e. The van der Waals surface area contributed by atoms with E-state index in [0.717, 1.165) is 42.8 Å². The molecule has 28 heavy (non-hydrogen) atoms. The monoisotopic (exact) mass is 376 g/mol. The Morgan fingerprint density at radius 3 is 2.75 bits per heavy atom. The molecule has 0 atom stereocenters. The van der Waals surface area contributed by atoms with E-state index in [0.29, 0.717) is 6.54 Å². The van der Waals surface area contributed by atoms with Crippen LogP contribution < -0.4 is 15.4 Å². The zero-order chi connectivity index (χ0) is 19.2. The van der Waals surface area contributed by atoms with E-state index in [-0.39, 0.29) is 0 Å². The summed E-state index contributed by atoms with van der Waals surface area (Å²) in [7, 11) is 1.80. The third kappa shape index (κ3) is 4.66. The molecule has 0 amide bonds. The molecule has 146 valence electrons. The van der Waals surface area contributed by atoms with Gasteiger partial charge in [-0.1, -0.05) is 36.4 Å². The summed E-state index contributed by atoms with van der Waals surface area (Å²) in [5, 5.41) is 8.09. The van der Waals surface area contributed by atoms with Gasteiger partial charge in [-0.05, 0) is 42.9 Å². The average Bonchev–Trinajstić information content (AvgIpc) is 3.48. The van der Waals surface area contributed by atoms with E-state index in [1.54, 1.807) is 7.05 Å². The number of rotatable bonds is 8. The second kappa shape index (κ2) is 8.83. The summed E-state index contributed by atoms with van der Waals surface area (Å²) in [5.74, 6) is 2.52. The minimum atomic E-state index is 0.688. The molecule has 1 fully saturated rings. The quantitative estimate of drug-likeness (QED) is 0.413. The lowest BCUT2D eigenvalue weighted by molar-refractivity contribution is 0.296. The first-order valence-electron chi connectivity index (χ1n) is 10.0. The number of para-hydroxylation sites is 2. The van der Waals surface area contributed by atoms with Gasteiger partial charge in [-0.15, -0.1) is 0 Å². The van der Waals surface area contributed by atoms with Gasteiger partial charge in [0.05, 0.1) is 6.61 Å². The molecule has 4 rings (SSSR count). The van der Waals surface area contributed by atoms with Crippen molar-refractivity contribution in [2.45, 2.75) is 25.8 Å². The fourth-order valence-corrected chi connectivity index (χ4v) is 3.34. The van der Waals surface area contributed by atoms with Crippen molar-refractivity contribution in [3.8, 4) is 5.75 Å². The third-order valence-corrected chi connectivity index (χ3v) is 5.18. The highest BCUT2D eigenvalue weighted by molar-refractivity contribution is 5.83. The Labute approximate surface area is 166 Å². The van der Waals surface area contributed by atoms with Crippen molar-refractivity contribution in [1.82, 2.24) is 15.6 Å². The van der Waals surface area contributed by atoms with Crippen molar-refractivity contribution < 1.29 is 4.74 Å². The molecule has 0 radical (unpaired) electrons. The highest BCUT2D eigenvalue weighted by atomic mass is 16.5. The number of hydrogen-bond donors (Lipinski definition) is 3. The second-order valence-electron chi connectivity index (χ2n) is 7.32. The van der Waals surface area contributed by atoms with Gasteiger partial charge < -0.3 is 20.4 Å². The first-order chi connectivity index (χ1) is 13.8. The number of H-pyrrole nitrogens is 1. The zero-order valence-electron chi connectivity index (χ0n) is 16.4. The lowest BCUT2D eigenvalue weighted by Gasteiger charge is -2.14. The highest BCUT2D eigenvalue weighted by Gasteiger charge is 2.22. The van der Waals surface area contributed by atoms with Crippen LogP contribution in [0.25, 0.3) is 10.9 Å². The lowest BCUT2D eigenvalue weighted by atomic mass is 10.1. The number of ether oxygens (including phenoxy) is 1. The maximum Gasteiger partial charge on any atom is 0.191 e. The maximum absolute atomic E-state index is 5.99. The summed E-state index contributed by atoms with van der Waals surface area (Å²) >= 11 is 0. The highest BCUT2D eigenvalue weighted by Crippen LogP contribution is 2.30. The SMILES string of the molecule is CN=C(NCCc1c[nH]c2ccccc12)NCc1ccccc1OCC1CC1. The van der Waals surface area contributed by atoms with Crippen LogP contribution in [0.5, 0.6) is 5.75 Å². The van der Waals surface area contributed by atoms with Gasteiger partial charge >= 0.3 is 0 Å². The third-order valence-electron chi connectivity index (χ3n) is 5.18. The molecule has 0 unspecified atom stereocenters. The van der Waals surface area contributed by atoms with Crippen molar-refractivity contribution >= 4 is 16.9 Å². The van der Waals surface area contributed by atoms with Crippen molar-refractivity contribution in [3.05, 3.63) is 65.9 Å². The number of nitrogens with one attached hydrogen (secondary N) is 3. The molecule has 0 bridgehead atoms. The number of fused-ring (bicyclic) bond motifs is 1. The second-order valence-corrected chi connectivity index (χ2v) is 7.32. The van der Waals surface area contributed by atoms with Gasteiger partial charge in [-0.3, -0.25) is 4.99 Å². The van der Waals surface area contributed by atoms with Crippen LogP contribution in [0.1, 0.15) is 24.0 Å². The fraction of sp³-hybridized carbons (Fsp3) is 0.348. The van der Waals surface area contributed by atoms with Crippen LogP contribution in [-0.4, -0.2) is 31.1 Å². The number of guanidine groups is 1. The van der Waals surface area contributed by atoms with Crippen LogP contribution in [0, 0.1) is 5.92 Å². The largest absolute Gasteiger partial charge is 0.493 e. The Balaban J connectivity index is 1.28. The molecule has 1 heterocycles. The van der Waals surface area contributed by atoms with Crippen LogP contribution in [0.3, 0.4) is 0 Å². The first-order valence-corrected chi connectivity index (χ1v) is 10.0. The standard InChI is InChI=1S/C23H28N4O/c1-24-23(25-13-12-18-14-26-21-8-4-3-7-20(18)21)27-15-19-6-2-5-9-22(19)28-16-17-10-11-17/h2-9,14,17,26H,10-13,15-16H2,1H3,(H2,24,25,27). The average molecular weight is 377 g/mol. The van der Waals surface area contributed by atoms with Gasteiger partial charge in [-0.2, -0.15) is 0 Å². The predicted octanol–water partition coefficient (Wildman–Crippen LogP) is 3.86. The van der Waals surface area contributed by atoms with E-state index in [4.69, 9.17) is 4.74 Å². The molecule has 5 nitrogen and oxygen atoms in total. The molecule has 3 N–H and O–H groups in total. The number of nitrogens with zero attached hydrogens (tertiary/aromatic N) is 1. The zero-order valence-corrected chi connectivity index (χ0v) is 16.4. The summed E-state index contributed by atoms with van der Waals surface area (Å²) in [6, 6.07) is 16.6. The van der Waals surface area contributed by atoms with E-state index in [2.05, 4.69) is 57.1 Å². The molecular weight excluding hydrogens is 348 g/mol. The van der Waals surface area contributed by atoms with Crippen molar-refractivity contribution in [2.75, 3.05) is 20.2 Å². The molecule has 3 aromatic rings. The number of aromatic amines is 1. The van der Waals surface area contributed by atoms with E-state index in [1.807, 2.05) is 18.2 Å². The maximum atomic E-state index is 5.99. The summed E-state index contributed by atoms with van der Waals surface area (Å²) in [5.41, 5.74) is 3.66. The molecule has 1 aliphatic carbocycles. The van der Waals surface area contributed by atoms with Gasteiger partial charge in [-0.25, -0.2) is 0 Å². The molecule has 0 aliphatic heterocycles. The summed E-state index contributed by atoms with van der Waals surface area (Å²) in [6.07, 6.45) is 5.63. The number of benzene rings is 2. The number of aromatic nitrogens is 1. The van der Waals surface area contributed by atoms with Crippen molar-refractivity contribution in [1.29, 1.82) is 0 Å². The number of hydrogen-bond acceptors (Lipinski definition) is 2. The Kier molecular flexibility index (Phi) is 5.80. The number of aliphatic imine (C=N–C) groups is 1.